The Morgan fingerprint density at radius 1 is 1.07 bits per heavy atom. The lowest BCUT2D eigenvalue weighted by atomic mass is 9.96. The first-order valence-electron chi connectivity index (χ1n) is 5.16. The third kappa shape index (κ3) is 1.20. The molecule has 1 aliphatic rings. The Balaban J connectivity index is 2.59. The molecule has 0 nitrogen and oxygen atoms in total. The highest BCUT2D eigenvalue weighted by Gasteiger charge is 2.10. The largest absolute Gasteiger partial charge is 0.188 e. The molecule has 0 unspecified atom stereocenters. The van der Waals surface area contributed by atoms with Crippen LogP contribution in [0.25, 0.3) is 23.4 Å². The molecule has 3 rings (SSSR count). The number of rotatable bonds is 0. The van der Waals surface area contributed by atoms with E-state index in [2.05, 4.69) is 36.4 Å². The van der Waals surface area contributed by atoms with Crippen LogP contribution >= 0.6 is 0 Å². The molecule has 0 radical (unpaired) electrons. The van der Waals surface area contributed by atoms with Gasteiger partial charge in [-0.05, 0) is 23.4 Å². The van der Waals surface area contributed by atoms with Gasteiger partial charge in [0, 0.05) is 23.9 Å². The first-order valence-corrected chi connectivity index (χ1v) is 5.16. The van der Waals surface area contributed by atoms with Crippen molar-refractivity contribution in [2.75, 3.05) is 0 Å². The molecule has 0 amide bonds. The van der Waals surface area contributed by atoms with Crippen molar-refractivity contribution in [1.82, 2.24) is 0 Å². The van der Waals surface area contributed by atoms with E-state index in [1.165, 1.54) is 21.6 Å². The van der Waals surface area contributed by atoms with Crippen molar-refractivity contribution < 1.29 is 0 Å². The molecule has 0 aromatic heterocycles. The molecule has 0 N–H and O–H groups in total. The van der Waals surface area contributed by atoms with Gasteiger partial charge in [0.25, 0.3) is 0 Å². The maximum atomic E-state index is 6.04. The second-order valence-corrected chi connectivity index (χ2v) is 3.88. The van der Waals surface area contributed by atoms with Crippen LogP contribution in [0.1, 0.15) is 5.56 Å². The van der Waals surface area contributed by atoms with Crippen molar-refractivity contribution in [2.45, 2.75) is 6.42 Å². The Hall–Kier alpha value is -1.91. The van der Waals surface area contributed by atoms with E-state index in [-0.39, 0.29) is 0 Å². The molecule has 0 atom stereocenters. The summed E-state index contributed by atoms with van der Waals surface area (Å²) in [5, 5.41) is 4.63. The lowest BCUT2D eigenvalue weighted by Gasteiger charge is -2.03. The molecule has 2 aromatic carbocycles. The standard InChI is InChI=1S/C15H11/c1-11-5-4-7-13-10-9-12-6-2-3-8-14(12)15(11)13/h1-7,9-10H,8H2/q+1. The molecule has 0 saturated heterocycles. The van der Waals surface area contributed by atoms with Crippen molar-refractivity contribution in [3.05, 3.63) is 58.5 Å². The summed E-state index contributed by atoms with van der Waals surface area (Å²) in [6, 6.07) is 10.4. The fourth-order valence-electron chi connectivity index (χ4n) is 2.23. The Kier molecular flexibility index (Phi) is 1.71. The van der Waals surface area contributed by atoms with E-state index >= 15 is 0 Å². The number of allylic oxidation sites excluding steroid dienone is 2. The van der Waals surface area contributed by atoms with Crippen LogP contribution in [-0.2, 0) is 6.42 Å². The van der Waals surface area contributed by atoms with Crippen LogP contribution in [0, 0.1) is 0 Å². The molecule has 2 aromatic rings. The van der Waals surface area contributed by atoms with E-state index < -0.39 is 0 Å². The molecule has 0 saturated carbocycles. The predicted molar refractivity (Wildman–Crippen MR) is 65.0 cm³/mol. The molecule has 1 aliphatic carbocycles. The molecule has 0 heterocycles. The molecule has 0 bridgehead atoms. The molecule has 0 aliphatic heterocycles. The van der Waals surface area contributed by atoms with Crippen LogP contribution in [0.5, 0.6) is 0 Å². The maximum Gasteiger partial charge on any atom is 0.188 e. The summed E-state index contributed by atoms with van der Waals surface area (Å²) in [5.74, 6) is 0. The molecular formula is C15H11+. The summed E-state index contributed by atoms with van der Waals surface area (Å²) in [5.41, 5.74) is 1.35. The molecule has 70 valence electrons. The van der Waals surface area contributed by atoms with E-state index in [1.54, 1.807) is 0 Å². The Morgan fingerprint density at radius 3 is 2.93 bits per heavy atom. The van der Waals surface area contributed by atoms with Gasteiger partial charge in [-0.25, -0.2) is 0 Å². The van der Waals surface area contributed by atoms with Crippen LogP contribution in [0.2, 0.25) is 0 Å². The van der Waals surface area contributed by atoms with E-state index in [9.17, 15) is 0 Å². The summed E-state index contributed by atoms with van der Waals surface area (Å²) >= 11 is 0. The van der Waals surface area contributed by atoms with Gasteiger partial charge in [-0.3, -0.25) is 0 Å². The van der Waals surface area contributed by atoms with Crippen LogP contribution < -0.4 is 10.4 Å². The average molecular weight is 191 g/mol. The number of benzene rings is 2. The van der Waals surface area contributed by atoms with Crippen LogP contribution in [-0.4, -0.2) is 0 Å². The van der Waals surface area contributed by atoms with Gasteiger partial charge in [0.2, 0.25) is 0 Å². The van der Waals surface area contributed by atoms with Gasteiger partial charge in [-0.1, -0.05) is 24.3 Å². The summed E-state index contributed by atoms with van der Waals surface area (Å²) in [6.45, 7) is 6.04. The highest BCUT2D eigenvalue weighted by molar-refractivity contribution is 5.87. The Morgan fingerprint density at radius 2 is 2.00 bits per heavy atom. The Bertz CT molecular complexity index is 660. The van der Waals surface area contributed by atoms with Crippen LogP contribution in [0.3, 0.4) is 0 Å². The lowest BCUT2D eigenvalue weighted by Crippen LogP contribution is -2.15. The monoisotopic (exact) mass is 191 g/mol. The van der Waals surface area contributed by atoms with Crippen molar-refractivity contribution >= 4 is 23.4 Å². The molecule has 0 fully saturated rings. The van der Waals surface area contributed by atoms with Gasteiger partial charge in [0.1, 0.15) is 5.39 Å². The van der Waals surface area contributed by atoms with E-state index in [0.717, 1.165) is 11.6 Å². The topological polar surface area (TPSA) is 0 Å². The van der Waals surface area contributed by atoms with Gasteiger partial charge >= 0.3 is 0 Å². The second-order valence-electron chi connectivity index (χ2n) is 3.88. The average Bonchev–Trinajstić information content (AvgIpc) is 2.29. The van der Waals surface area contributed by atoms with E-state index in [4.69, 9.17) is 6.58 Å². The quantitative estimate of drug-likeness (QED) is 0.559. The van der Waals surface area contributed by atoms with Crippen molar-refractivity contribution in [1.29, 1.82) is 0 Å². The zero-order valence-corrected chi connectivity index (χ0v) is 8.40. The zero-order valence-electron chi connectivity index (χ0n) is 8.40. The van der Waals surface area contributed by atoms with Crippen molar-refractivity contribution in [3.8, 4) is 0 Å². The van der Waals surface area contributed by atoms with Crippen molar-refractivity contribution in [3.63, 3.8) is 0 Å². The SMILES string of the molecule is [CH+]=c1cccc2ccc3c(c12)CC=CC=3. The predicted octanol–water partition coefficient (Wildman–Crippen LogP) is 2.02. The molecule has 15 heavy (non-hydrogen) atoms. The fourth-order valence-corrected chi connectivity index (χ4v) is 2.23. The zero-order chi connectivity index (χ0) is 10.3. The van der Waals surface area contributed by atoms with Crippen LogP contribution in [0.4, 0.5) is 0 Å². The minimum atomic E-state index is 0.882. The van der Waals surface area contributed by atoms with Gasteiger partial charge in [-0.15, -0.1) is 0 Å². The second kappa shape index (κ2) is 3.05. The smallest absolute Gasteiger partial charge is 0.0789 e. The van der Waals surface area contributed by atoms with Gasteiger partial charge in [-0.2, -0.15) is 0 Å². The van der Waals surface area contributed by atoms with Gasteiger partial charge < -0.3 is 0 Å². The summed E-state index contributed by atoms with van der Waals surface area (Å²) in [7, 11) is 0. The summed E-state index contributed by atoms with van der Waals surface area (Å²) in [6.07, 6.45) is 7.41. The number of fused-ring (bicyclic) bond motifs is 3. The normalized spacial score (nSPS) is 13.5. The first-order chi connectivity index (χ1) is 7.36. The van der Waals surface area contributed by atoms with Gasteiger partial charge in [0.05, 0.1) is 6.07 Å². The first kappa shape index (κ1) is 8.40. The molecule has 0 spiro atoms. The third-order valence-electron chi connectivity index (χ3n) is 2.96. The minimum Gasteiger partial charge on any atom is -0.0789 e. The molecular weight excluding hydrogens is 180 g/mol. The number of hydrogen-bond donors (Lipinski definition) is 0. The molecule has 0 heteroatoms. The minimum absolute atomic E-state index is 0.882. The highest BCUT2D eigenvalue weighted by atomic mass is 14.1. The Labute approximate surface area is 88.9 Å². The van der Waals surface area contributed by atoms with E-state index in [0.29, 0.717) is 0 Å². The van der Waals surface area contributed by atoms with Crippen LogP contribution in [0.15, 0.2) is 42.5 Å². The van der Waals surface area contributed by atoms with Crippen molar-refractivity contribution in [2.24, 2.45) is 0 Å². The highest BCUT2D eigenvalue weighted by Crippen LogP contribution is 2.13. The number of hydrogen-bond acceptors (Lipinski definition) is 0. The lowest BCUT2D eigenvalue weighted by molar-refractivity contribution is 1.25. The summed E-state index contributed by atoms with van der Waals surface area (Å²) in [4.78, 5) is 0. The van der Waals surface area contributed by atoms with Gasteiger partial charge in [0.15, 0.2) is 5.22 Å². The third-order valence-corrected chi connectivity index (χ3v) is 2.96. The maximum absolute atomic E-state index is 6.04. The van der Waals surface area contributed by atoms with E-state index in [1.807, 2.05) is 12.1 Å². The summed E-state index contributed by atoms with van der Waals surface area (Å²) < 4.78 is 0. The fraction of sp³-hybridized carbons (Fsp3) is 0.0667.